The summed E-state index contributed by atoms with van der Waals surface area (Å²) < 4.78 is 42.2. The van der Waals surface area contributed by atoms with Crippen molar-refractivity contribution in [3.63, 3.8) is 0 Å². The average molecular weight is 420 g/mol. The summed E-state index contributed by atoms with van der Waals surface area (Å²) in [5, 5.41) is 6.99. The quantitative estimate of drug-likeness (QED) is 0.622. The number of benzene rings is 2. The van der Waals surface area contributed by atoms with Crippen LogP contribution < -0.4 is 5.32 Å². The lowest BCUT2D eigenvalue weighted by Gasteiger charge is -2.26. The lowest BCUT2D eigenvalue weighted by atomic mass is 9.87. The number of halogens is 4. The van der Waals surface area contributed by atoms with Crippen molar-refractivity contribution in [3.8, 4) is 5.69 Å². The van der Waals surface area contributed by atoms with Crippen molar-refractivity contribution in [2.75, 3.05) is 0 Å². The Kier molecular flexibility index (Phi) is 5.08. The van der Waals surface area contributed by atoms with Crippen LogP contribution in [-0.2, 0) is 12.6 Å². The first-order valence-corrected chi connectivity index (χ1v) is 9.52. The van der Waals surface area contributed by atoms with Gasteiger partial charge in [-0.25, -0.2) is 4.68 Å². The summed E-state index contributed by atoms with van der Waals surface area (Å²) in [6.07, 6.45) is -1.37. The number of amides is 1. The van der Waals surface area contributed by atoms with E-state index in [1.54, 1.807) is 0 Å². The van der Waals surface area contributed by atoms with Crippen LogP contribution in [0.5, 0.6) is 0 Å². The largest absolute Gasteiger partial charge is 0.434 e. The molecule has 1 N–H and O–H groups in total. The van der Waals surface area contributed by atoms with E-state index in [2.05, 4.69) is 10.4 Å². The van der Waals surface area contributed by atoms with Crippen LogP contribution in [0.3, 0.4) is 0 Å². The van der Waals surface area contributed by atoms with E-state index >= 15 is 0 Å². The fraction of sp³-hybridized carbons (Fsp3) is 0.238. The van der Waals surface area contributed by atoms with Crippen molar-refractivity contribution in [2.45, 2.75) is 31.5 Å². The monoisotopic (exact) mass is 419 g/mol. The fourth-order valence-corrected chi connectivity index (χ4v) is 3.83. The Hall–Kier alpha value is -2.80. The van der Waals surface area contributed by atoms with Gasteiger partial charge in [0.05, 0.1) is 23.5 Å². The molecule has 1 heterocycles. The molecule has 8 heteroatoms. The highest BCUT2D eigenvalue weighted by Crippen LogP contribution is 2.35. The van der Waals surface area contributed by atoms with E-state index in [0.29, 0.717) is 11.4 Å². The molecule has 1 amide bonds. The zero-order valence-corrected chi connectivity index (χ0v) is 16.0. The minimum atomic E-state index is -4.76. The molecule has 4 nitrogen and oxygen atoms in total. The van der Waals surface area contributed by atoms with Crippen molar-refractivity contribution in [1.29, 1.82) is 0 Å². The number of hydrogen-bond acceptors (Lipinski definition) is 2. The highest BCUT2D eigenvalue weighted by molar-refractivity contribution is 6.30. The standard InChI is InChI=1S/C21H17ClF3N3O/c22-14-8-10-15(11-9-14)28-19(21(23,24)25)17(12-26-28)20(29)27-18-7-3-5-13-4-1-2-6-16(13)18/h1-2,4,6,8-12,18H,3,5,7H2,(H,27,29)/t18-/m1/s1. The molecule has 0 aliphatic heterocycles. The number of hydrogen-bond donors (Lipinski definition) is 1. The molecule has 0 fully saturated rings. The minimum absolute atomic E-state index is 0.170. The molecule has 0 unspecified atom stereocenters. The van der Waals surface area contributed by atoms with Gasteiger partial charge in [0.15, 0.2) is 5.69 Å². The molecule has 0 saturated carbocycles. The Bertz CT molecular complexity index is 1040. The lowest BCUT2D eigenvalue weighted by Crippen LogP contribution is -2.32. The predicted octanol–water partition coefficient (Wildman–Crippen LogP) is 5.35. The molecular formula is C21H17ClF3N3O. The first-order chi connectivity index (χ1) is 13.8. The zero-order chi connectivity index (χ0) is 20.6. The third kappa shape index (κ3) is 3.87. The van der Waals surface area contributed by atoms with Gasteiger partial charge >= 0.3 is 6.18 Å². The van der Waals surface area contributed by atoms with Gasteiger partial charge in [-0.3, -0.25) is 4.79 Å². The van der Waals surface area contributed by atoms with Crippen LogP contribution in [0.4, 0.5) is 13.2 Å². The van der Waals surface area contributed by atoms with Crippen molar-refractivity contribution < 1.29 is 18.0 Å². The van der Waals surface area contributed by atoms with Crippen LogP contribution in [0.2, 0.25) is 5.02 Å². The number of alkyl halides is 3. The summed E-state index contributed by atoms with van der Waals surface area (Å²) >= 11 is 5.82. The highest BCUT2D eigenvalue weighted by atomic mass is 35.5. The smallest absolute Gasteiger partial charge is 0.345 e. The van der Waals surface area contributed by atoms with Gasteiger partial charge in [-0.1, -0.05) is 35.9 Å². The summed E-state index contributed by atoms with van der Waals surface area (Å²) in [4.78, 5) is 12.8. The zero-order valence-electron chi connectivity index (χ0n) is 15.2. The van der Waals surface area contributed by atoms with E-state index < -0.39 is 23.3 Å². The Morgan fingerprint density at radius 1 is 1.14 bits per heavy atom. The summed E-state index contributed by atoms with van der Waals surface area (Å²) in [5.41, 5.74) is 0.614. The molecule has 3 aromatic rings. The van der Waals surface area contributed by atoms with Gasteiger partial charge < -0.3 is 5.32 Å². The van der Waals surface area contributed by atoms with Crippen molar-refractivity contribution in [3.05, 3.63) is 82.1 Å². The third-order valence-electron chi connectivity index (χ3n) is 5.03. The number of carbonyl (C=O) groups excluding carboxylic acids is 1. The molecule has 0 spiro atoms. The molecule has 4 rings (SSSR count). The maximum absolute atomic E-state index is 13.8. The Morgan fingerprint density at radius 2 is 1.86 bits per heavy atom. The van der Waals surface area contributed by atoms with Gasteiger partial charge in [-0.05, 0) is 54.7 Å². The molecule has 1 aliphatic rings. The molecule has 150 valence electrons. The number of aromatic nitrogens is 2. The average Bonchev–Trinajstić information content (AvgIpc) is 3.15. The molecule has 1 atom stereocenters. The first kappa shape index (κ1) is 19.5. The summed E-state index contributed by atoms with van der Waals surface area (Å²) in [6, 6.07) is 13.1. The molecule has 0 radical (unpaired) electrons. The van der Waals surface area contributed by atoms with Gasteiger partial charge in [0.25, 0.3) is 5.91 Å². The van der Waals surface area contributed by atoms with Crippen LogP contribution in [0, 0.1) is 0 Å². The van der Waals surface area contributed by atoms with Crippen molar-refractivity contribution >= 4 is 17.5 Å². The number of rotatable bonds is 3. The minimum Gasteiger partial charge on any atom is -0.345 e. The molecule has 2 aromatic carbocycles. The van der Waals surface area contributed by atoms with Gasteiger partial charge in [-0.2, -0.15) is 18.3 Å². The van der Waals surface area contributed by atoms with Crippen LogP contribution in [-0.4, -0.2) is 15.7 Å². The topological polar surface area (TPSA) is 46.9 Å². The van der Waals surface area contributed by atoms with Crippen molar-refractivity contribution in [2.24, 2.45) is 0 Å². The van der Waals surface area contributed by atoms with Gasteiger partial charge in [0.2, 0.25) is 0 Å². The van der Waals surface area contributed by atoms with E-state index in [1.807, 2.05) is 24.3 Å². The van der Waals surface area contributed by atoms with Crippen LogP contribution in [0.25, 0.3) is 5.69 Å². The van der Waals surface area contributed by atoms with Crippen molar-refractivity contribution in [1.82, 2.24) is 15.1 Å². The van der Waals surface area contributed by atoms with E-state index in [1.165, 1.54) is 24.3 Å². The van der Waals surface area contributed by atoms with Crippen LogP contribution >= 0.6 is 11.6 Å². The Labute approximate surface area is 170 Å². The third-order valence-corrected chi connectivity index (χ3v) is 5.28. The lowest BCUT2D eigenvalue weighted by molar-refractivity contribution is -0.143. The Balaban J connectivity index is 1.68. The number of carbonyl (C=O) groups is 1. The van der Waals surface area contributed by atoms with Crippen LogP contribution in [0.15, 0.2) is 54.7 Å². The van der Waals surface area contributed by atoms with E-state index in [4.69, 9.17) is 11.6 Å². The summed E-state index contributed by atoms with van der Waals surface area (Å²) in [6.45, 7) is 0. The molecule has 1 aromatic heterocycles. The molecule has 1 aliphatic carbocycles. The second-order valence-electron chi connectivity index (χ2n) is 6.91. The second-order valence-corrected chi connectivity index (χ2v) is 7.35. The summed E-state index contributed by atoms with van der Waals surface area (Å²) in [5.74, 6) is -0.792. The van der Waals surface area contributed by atoms with E-state index in [0.717, 1.165) is 34.8 Å². The van der Waals surface area contributed by atoms with E-state index in [-0.39, 0.29) is 11.7 Å². The SMILES string of the molecule is O=C(N[C@@H]1CCCc2ccccc21)c1cnn(-c2ccc(Cl)cc2)c1C(F)(F)F. The first-order valence-electron chi connectivity index (χ1n) is 9.14. The predicted molar refractivity (Wildman–Crippen MR) is 103 cm³/mol. The Morgan fingerprint density at radius 3 is 2.59 bits per heavy atom. The van der Waals surface area contributed by atoms with Crippen LogP contribution in [0.1, 0.15) is 46.1 Å². The van der Waals surface area contributed by atoms with E-state index in [9.17, 15) is 18.0 Å². The highest BCUT2D eigenvalue weighted by Gasteiger charge is 2.41. The van der Waals surface area contributed by atoms with Gasteiger partial charge in [0.1, 0.15) is 0 Å². The number of nitrogens with zero attached hydrogens (tertiary/aromatic N) is 2. The normalized spacial score (nSPS) is 16.3. The number of nitrogens with one attached hydrogen (secondary N) is 1. The maximum Gasteiger partial charge on any atom is 0.434 e. The molecule has 0 bridgehead atoms. The fourth-order valence-electron chi connectivity index (χ4n) is 3.71. The molecule has 0 saturated heterocycles. The number of fused-ring (bicyclic) bond motifs is 1. The molecular weight excluding hydrogens is 403 g/mol. The number of aryl methyl sites for hydroxylation is 1. The van der Waals surface area contributed by atoms with Gasteiger partial charge in [-0.15, -0.1) is 0 Å². The second kappa shape index (κ2) is 7.55. The molecule has 29 heavy (non-hydrogen) atoms. The van der Waals surface area contributed by atoms with Gasteiger partial charge in [0, 0.05) is 5.02 Å². The maximum atomic E-state index is 13.8. The summed E-state index contributed by atoms with van der Waals surface area (Å²) in [7, 11) is 0.